The number of carbonyl (C=O) groups excluding carboxylic acids is 1. The SMILES string of the molecule is Cc1cn2cc(-c3cc(=O)n4nc(N5CCN(C(=O)OC(C)(C)C)C6(CC6)C5)sc4n3)cc(F)c2n1. The van der Waals surface area contributed by atoms with E-state index in [1.165, 1.54) is 28.0 Å². The average Bonchev–Trinajstić information content (AvgIpc) is 3.23. The molecule has 4 aromatic heterocycles. The highest BCUT2D eigenvalue weighted by atomic mass is 32.1. The molecule has 2 aliphatic rings. The van der Waals surface area contributed by atoms with Gasteiger partial charge in [0.05, 0.1) is 16.9 Å². The summed E-state index contributed by atoms with van der Waals surface area (Å²) in [5.74, 6) is -0.481. The first-order valence-corrected chi connectivity index (χ1v) is 12.6. The van der Waals surface area contributed by atoms with E-state index in [1.807, 2.05) is 25.7 Å². The van der Waals surface area contributed by atoms with Crippen molar-refractivity contribution in [1.82, 2.24) is 28.9 Å². The van der Waals surface area contributed by atoms with Crippen LogP contribution in [0.3, 0.4) is 0 Å². The minimum Gasteiger partial charge on any atom is -0.444 e. The molecule has 10 nitrogen and oxygen atoms in total. The van der Waals surface area contributed by atoms with Crippen molar-refractivity contribution < 1.29 is 13.9 Å². The lowest BCUT2D eigenvalue weighted by atomic mass is 10.1. The number of amides is 1. The van der Waals surface area contributed by atoms with Crippen LogP contribution in [0.2, 0.25) is 0 Å². The normalized spacial score (nSPS) is 17.4. The Bertz CT molecular complexity index is 1580. The molecule has 1 saturated carbocycles. The van der Waals surface area contributed by atoms with Crippen molar-refractivity contribution in [2.24, 2.45) is 0 Å². The second-order valence-electron chi connectivity index (χ2n) is 10.5. The van der Waals surface area contributed by atoms with Gasteiger partial charge in [0, 0.05) is 43.7 Å². The number of nitrogens with zero attached hydrogens (tertiary/aromatic N) is 7. The van der Waals surface area contributed by atoms with Crippen LogP contribution in [-0.4, -0.2) is 65.8 Å². The van der Waals surface area contributed by atoms with Crippen LogP contribution in [0.25, 0.3) is 21.9 Å². The van der Waals surface area contributed by atoms with E-state index in [1.54, 1.807) is 23.7 Å². The van der Waals surface area contributed by atoms with Crippen molar-refractivity contribution in [3.8, 4) is 11.3 Å². The van der Waals surface area contributed by atoms with Gasteiger partial charge < -0.3 is 14.0 Å². The summed E-state index contributed by atoms with van der Waals surface area (Å²) < 4.78 is 23.1. The van der Waals surface area contributed by atoms with E-state index in [9.17, 15) is 14.0 Å². The Hall–Kier alpha value is -3.54. The molecule has 4 aromatic rings. The van der Waals surface area contributed by atoms with Crippen LogP contribution in [0.4, 0.5) is 14.3 Å². The van der Waals surface area contributed by atoms with E-state index in [4.69, 9.17) is 4.74 Å². The molecule has 0 bridgehead atoms. The summed E-state index contributed by atoms with van der Waals surface area (Å²) in [7, 11) is 0. The van der Waals surface area contributed by atoms with Crippen LogP contribution in [-0.2, 0) is 4.74 Å². The zero-order valence-electron chi connectivity index (χ0n) is 20.5. The van der Waals surface area contributed by atoms with Crippen molar-refractivity contribution in [1.29, 1.82) is 0 Å². The van der Waals surface area contributed by atoms with E-state index in [0.29, 0.717) is 46.7 Å². The van der Waals surface area contributed by atoms with E-state index in [-0.39, 0.29) is 22.8 Å². The summed E-state index contributed by atoms with van der Waals surface area (Å²) in [6, 6.07) is 2.71. The average molecular weight is 512 g/mol. The Morgan fingerprint density at radius 1 is 1.17 bits per heavy atom. The lowest BCUT2D eigenvalue weighted by Gasteiger charge is -2.42. The maximum Gasteiger partial charge on any atom is 0.410 e. The number of halogens is 1. The van der Waals surface area contributed by atoms with Crippen molar-refractivity contribution in [2.45, 2.75) is 51.7 Å². The minimum absolute atomic E-state index is 0.230. The Morgan fingerprint density at radius 3 is 2.67 bits per heavy atom. The molecular formula is C24H26FN7O3S. The summed E-state index contributed by atoms with van der Waals surface area (Å²) in [6.45, 7) is 9.10. The maximum atomic E-state index is 14.6. The van der Waals surface area contributed by atoms with Gasteiger partial charge in [-0.15, -0.1) is 5.10 Å². The monoisotopic (exact) mass is 511 g/mol. The van der Waals surface area contributed by atoms with Crippen LogP contribution in [0.5, 0.6) is 0 Å². The second-order valence-corrected chi connectivity index (χ2v) is 11.5. The summed E-state index contributed by atoms with van der Waals surface area (Å²) in [6.07, 6.45) is 4.95. The Morgan fingerprint density at radius 2 is 1.94 bits per heavy atom. The van der Waals surface area contributed by atoms with E-state index in [0.717, 1.165) is 12.8 Å². The molecular weight excluding hydrogens is 485 g/mol. The Kier molecular flexibility index (Phi) is 4.91. The number of piperazine rings is 1. The summed E-state index contributed by atoms with van der Waals surface area (Å²) in [5.41, 5.74) is 0.624. The summed E-state index contributed by atoms with van der Waals surface area (Å²) >= 11 is 1.31. The molecule has 1 spiro atoms. The van der Waals surface area contributed by atoms with Crippen LogP contribution >= 0.6 is 11.3 Å². The van der Waals surface area contributed by atoms with Gasteiger partial charge in [-0.3, -0.25) is 9.69 Å². The molecule has 0 N–H and O–H groups in total. The van der Waals surface area contributed by atoms with Gasteiger partial charge in [0.15, 0.2) is 11.5 Å². The standard InChI is InChI=1S/C24H26FN7O3S/c1-14-11-30-12-15(9-16(25)19(30)26-14)17-10-18(33)32-20(27-17)36-21(28-32)29-7-8-31(24(13-29)5-6-24)22(34)35-23(2,3)4/h9-12H,5-8,13H2,1-4H3. The molecule has 0 aromatic carbocycles. The highest BCUT2D eigenvalue weighted by Gasteiger charge is 2.54. The molecule has 1 aliphatic carbocycles. The highest BCUT2D eigenvalue weighted by molar-refractivity contribution is 7.20. The molecule has 12 heteroatoms. The number of aromatic nitrogens is 5. The van der Waals surface area contributed by atoms with Crippen molar-refractivity contribution in [3.63, 3.8) is 0 Å². The highest BCUT2D eigenvalue weighted by Crippen LogP contribution is 2.46. The molecule has 6 rings (SSSR count). The van der Waals surface area contributed by atoms with E-state index in [2.05, 4.69) is 20.0 Å². The van der Waals surface area contributed by atoms with Crippen LogP contribution in [0.15, 0.2) is 29.3 Å². The fraction of sp³-hybridized carbons (Fsp3) is 0.458. The van der Waals surface area contributed by atoms with Crippen LogP contribution in [0.1, 0.15) is 39.3 Å². The molecule has 36 heavy (non-hydrogen) atoms. The van der Waals surface area contributed by atoms with Gasteiger partial charge in [-0.05, 0) is 46.6 Å². The number of imidazole rings is 1. The number of hydrogen-bond acceptors (Lipinski definition) is 8. The fourth-order valence-corrected chi connectivity index (χ4v) is 5.64. The third-order valence-electron chi connectivity index (χ3n) is 6.52. The third-order valence-corrected chi connectivity index (χ3v) is 7.49. The first-order chi connectivity index (χ1) is 17.0. The molecule has 188 valence electrons. The van der Waals surface area contributed by atoms with Gasteiger partial charge in [-0.2, -0.15) is 4.52 Å². The zero-order chi connectivity index (χ0) is 25.4. The van der Waals surface area contributed by atoms with Crippen molar-refractivity contribution in [3.05, 3.63) is 46.4 Å². The Balaban J connectivity index is 1.30. The van der Waals surface area contributed by atoms with Crippen LogP contribution < -0.4 is 10.5 Å². The van der Waals surface area contributed by atoms with Gasteiger partial charge in [0.1, 0.15) is 5.60 Å². The minimum atomic E-state index is -0.550. The van der Waals surface area contributed by atoms with Gasteiger partial charge in [-0.1, -0.05) is 11.3 Å². The first kappa shape index (κ1) is 22.9. The van der Waals surface area contributed by atoms with Gasteiger partial charge in [0.25, 0.3) is 5.56 Å². The second kappa shape index (κ2) is 7.73. The number of ether oxygens (including phenoxy) is 1. The molecule has 5 heterocycles. The first-order valence-electron chi connectivity index (χ1n) is 11.8. The third kappa shape index (κ3) is 3.89. The smallest absolute Gasteiger partial charge is 0.410 e. The van der Waals surface area contributed by atoms with Gasteiger partial charge in [-0.25, -0.2) is 19.2 Å². The number of hydrogen-bond donors (Lipinski definition) is 0. The number of carbonyl (C=O) groups is 1. The fourth-order valence-electron chi connectivity index (χ4n) is 4.71. The lowest BCUT2D eigenvalue weighted by molar-refractivity contribution is 0.0106. The zero-order valence-corrected chi connectivity index (χ0v) is 21.3. The predicted octanol–water partition coefficient (Wildman–Crippen LogP) is 3.50. The summed E-state index contributed by atoms with van der Waals surface area (Å²) in [5, 5.41) is 5.19. The predicted molar refractivity (Wildman–Crippen MR) is 133 cm³/mol. The summed E-state index contributed by atoms with van der Waals surface area (Å²) in [4.78, 5) is 38.8. The molecule has 2 fully saturated rings. The number of pyridine rings is 1. The topological polar surface area (TPSA) is 97.3 Å². The van der Waals surface area contributed by atoms with E-state index < -0.39 is 11.4 Å². The quantitative estimate of drug-likeness (QED) is 0.406. The largest absolute Gasteiger partial charge is 0.444 e. The maximum absolute atomic E-state index is 14.6. The molecule has 0 atom stereocenters. The number of anilines is 1. The van der Waals surface area contributed by atoms with Crippen molar-refractivity contribution in [2.75, 3.05) is 24.5 Å². The van der Waals surface area contributed by atoms with Gasteiger partial charge >= 0.3 is 6.09 Å². The Labute approximate surface area is 209 Å². The van der Waals surface area contributed by atoms with Gasteiger partial charge in [0.2, 0.25) is 10.1 Å². The van der Waals surface area contributed by atoms with Crippen molar-refractivity contribution >= 4 is 33.2 Å². The van der Waals surface area contributed by atoms with Crippen LogP contribution in [0, 0.1) is 12.7 Å². The molecule has 0 radical (unpaired) electrons. The molecule has 1 amide bonds. The number of aryl methyl sites for hydroxylation is 1. The molecule has 1 saturated heterocycles. The van der Waals surface area contributed by atoms with E-state index >= 15 is 0 Å². The lowest BCUT2D eigenvalue weighted by Crippen LogP contribution is -2.58. The molecule has 1 aliphatic heterocycles. The number of rotatable bonds is 2. The molecule has 0 unspecified atom stereocenters. The number of fused-ring (bicyclic) bond motifs is 2.